The molecule has 1 heterocycles. The molecule has 4 nitrogen and oxygen atoms in total. The third kappa shape index (κ3) is 3.69. The van der Waals surface area contributed by atoms with E-state index in [0.717, 1.165) is 18.8 Å². The van der Waals surface area contributed by atoms with Gasteiger partial charge in [-0.25, -0.2) is 4.98 Å². The number of nitrogens with zero attached hydrogens (tertiary/aromatic N) is 1. The lowest BCUT2D eigenvalue weighted by Gasteiger charge is -2.10. The Balaban J connectivity index is 2.14. The molecule has 0 aliphatic carbocycles. The molecule has 0 fully saturated rings. The number of pyridine rings is 1. The molecule has 0 bridgehead atoms. The molecule has 0 aliphatic heterocycles. The number of nitrogens with one attached hydrogen (secondary N) is 1. The molecular formula is C15H18N2O2. The van der Waals surface area contributed by atoms with E-state index in [1.54, 1.807) is 7.11 Å². The van der Waals surface area contributed by atoms with E-state index in [0.29, 0.717) is 17.4 Å². The van der Waals surface area contributed by atoms with Gasteiger partial charge in [-0.1, -0.05) is 25.1 Å². The number of aromatic nitrogens is 1. The van der Waals surface area contributed by atoms with Gasteiger partial charge < -0.3 is 14.8 Å². The maximum absolute atomic E-state index is 5.76. The number of methoxy groups -OCH3 is 1. The van der Waals surface area contributed by atoms with Crippen LogP contribution in [0.2, 0.25) is 0 Å². The molecule has 100 valence electrons. The first-order valence-electron chi connectivity index (χ1n) is 6.31. The fraction of sp³-hybridized carbons (Fsp3) is 0.267. The summed E-state index contributed by atoms with van der Waals surface area (Å²) in [5.74, 6) is 1.93. The SMILES string of the molecule is CCNCc1cccc(Oc2ccccc2OC)n1. The Kier molecular flexibility index (Phi) is 4.75. The van der Waals surface area contributed by atoms with E-state index in [-0.39, 0.29) is 0 Å². The quantitative estimate of drug-likeness (QED) is 0.865. The van der Waals surface area contributed by atoms with Crippen molar-refractivity contribution in [2.24, 2.45) is 0 Å². The molecule has 19 heavy (non-hydrogen) atoms. The second-order valence-corrected chi connectivity index (χ2v) is 4.00. The Bertz CT molecular complexity index is 529. The van der Waals surface area contributed by atoms with Crippen molar-refractivity contribution in [1.29, 1.82) is 0 Å². The molecule has 0 saturated heterocycles. The number of para-hydroxylation sites is 2. The summed E-state index contributed by atoms with van der Waals surface area (Å²) >= 11 is 0. The van der Waals surface area contributed by atoms with E-state index in [4.69, 9.17) is 9.47 Å². The van der Waals surface area contributed by atoms with Crippen LogP contribution in [-0.4, -0.2) is 18.6 Å². The highest BCUT2D eigenvalue weighted by molar-refractivity contribution is 5.41. The second-order valence-electron chi connectivity index (χ2n) is 4.00. The van der Waals surface area contributed by atoms with Crippen molar-refractivity contribution in [1.82, 2.24) is 10.3 Å². The maximum Gasteiger partial charge on any atom is 0.219 e. The summed E-state index contributed by atoms with van der Waals surface area (Å²) in [5.41, 5.74) is 0.953. The van der Waals surface area contributed by atoms with Crippen LogP contribution in [0.3, 0.4) is 0 Å². The number of benzene rings is 1. The summed E-state index contributed by atoms with van der Waals surface area (Å²) in [5, 5.41) is 3.24. The van der Waals surface area contributed by atoms with E-state index in [9.17, 15) is 0 Å². The van der Waals surface area contributed by atoms with Gasteiger partial charge in [0.2, 0.25) is 5.88 Å². The molecule has 2 rings (SSSR count). The summed E-state index contributed by atoms with van der Waals surface area (Å²) in [4.78, 5) is 4.44. The van der Waals surface area contributed by atoms with Gasteiger partial charge in [0.25, 0.3) is 0 Å². The van der Waals surface area contributed by atoms with Crippen LogP contribution in [0.1, 0.15) is 12.6 Å². The molecule has 1 aromatic carbocycles. The van der Waals surface area contributed by atoms with Gasteiger partial charge in [-0.15, -0.1) is 0 Å². The topological polar surface area (TPSA) is 43.4 Å². The zero-order chi connectivity index (χ0) is 13.5. The number of rotatable bonds is 6. The smallest absolute Gasteiger partial charge is 0.219 e. The molecule has 1 aromatic heterocycles. The lowest BCUT2D eigenvalue weighted by atomic mass is 10.3. The molecule has 0 saturated carbocycles. The molecule has 4 heteroatoms. The van der Waals surface area contributed by atoms with Gasteiger partial charge in [-0.2, -0.15) is 0 Å². The number of hydrogen-bond donors (Lipinski definition) is 1. The molecule has 0 unspecified atom stereocenters. The molecular weight excluding hydrogens is 240 g/mol. The molecule has 2 aromatic rings. The summed E-state index contributed by atoms with van der Waals surface area (Å²) < 4.78 is 11.0. The fourth-order valence-electron chi connectivity index (χ4n) is 1.68. The average Bonchev–Trinajstić information content (AvgIpc) is 2.46. The van der Waals surface area contributed by atoms with Crippen LogP contribution in [0.4, 0.5) is 0 Å². The molecule has 0 spiro atoms. The molecule has 0 radical (unpaired) electrons. The van der Waals surface area contributed by atoms with Gasteiger partial charge in [-0.3, -0.25) is 0 Å². The van der Waals surface area contributed by atoms with Crippen molar-refractivity contribution in [2.45, 2.75) is 13.5 Å². The summed E-state index contributed by atoms with van der Waals surface area (Å²) in [6.45, 7) is 3.72. The lowest BCUT2D eigenvalue weighted by molar-refractivity contribution is 0.373. The highest BCUT2D eigenvalue weighted by Crippen LogP contribution is 2.29. The van der Waals surface area contributed by atoms with Crippen molar-refractivity contribution < 1.29 is 9.47 Å². The number of hydrogen-bond acceptors (Lipinski definition) is 4. The Morgan fingerprint density at radius 3 is 2.58 bits per heavy atom. The molecule has 1 N–H and O–H groups in total. The highest BCUT2D eigenvalue weighted by Gasteiger charge is 2.05. The first-order chi connectivity index (χ1) is 9.33. The van der Waals surface area contributed by atoms with E-state index in [1.807, 2.05) is 42.5 Å². The minimum atomic E-state index is 0.569. The van der Waals surface area contributed by atoms with Gasteiger partial charge >= 0.3 is 0 Å². The predicted octanol–water partition coefficient (Wildman–Crippen LogP) is 2.99. The highest BCUT2D eigenvalue weighted by atomic mass is 16.5. The Morgan fingerprint density at radius 2 is 1.84 bits per heavy atom. The van der Waals surface area contributed by atoms with Crippen LogP contribution in [0, 0.1) is 0 Å². The maximum atomic E-state index is 5.76. The Hall–Kier alpha value is -2.07. The second kappa shape index (κ2) is 6.75. The zero-order valence-electron chi connectivity index (χ0n) is 11.2. The first kappa shape index (κ1) is 13.4. The van der Waals surface area contributed by atoms with Crippen LogP contribution >= 0.6 is 0 Å². The van der Waals surface area contributed by atoms with E-state index in [1.165, 1.54) is 0 Å². The van der Waals surface area contributed by atoms with Crippen LogP contribution in [0.25, 0.3) is 0 Å². The lowest BCUT2D eigenvalue weighted by Crippen LogP contribution is -2.12. The van der Waals surface area contributed by atoms with Crippen molar-refractivity contribution in [3.63, 3.8) is 0 Å². The molecule has 0 aliphatic rings. The minimum Gasteiger partial charge on any atom is -0.493 e. The Labute approximate surface area is 113 Å². The summed E-state index contributed by atoms with van der Waals surface area (Å²) in [7, 11) is 1.62. The molecule has 0 atom stereocenters. The van der Waals surface area contributed by atoms with Gasteiger partial charge in [0, 0.05) is 12.6 Å². The van der Waals surface area contributed by atoms with E-state index >= 15 is 0 Å². The standard InChI is InChI=1S/C15H18N2O2/c1-3-16-11-12-7-6-10-15(17-12)19-14-9-5-4-8-13(14)18-2/h4-10,16H,3,11H2,1-2H3. The summed E-state index contributed by atoms with van der Waals surface area (Å²) in [6.07, 6.45) is 0. The third-order valence-corrected chi connectivity index (χ3v) is 2.62. The monoisotopic (exact) mass is 258 g/mol. The largest absolute Gasteiger partial charge is 0.493 e. The van der Waals surface area contributed by atoms with Crippen molar-refractivity contribution in [2.75, 3.05) is 13.7 Å². The fourth-order valence-corrected chi connectivity index (χ4v) is 1.68. The van der Waals surface area contributed by atoms with Gasteiger partial charge in [0.1, 0.15) is 0 Å². The predicted molar refractivity (Wildman–Crippen MR) is 74.7 cm³/mol. The van der Waals surface area contributed by atoms with Gasteiger partial charge in [0.15, 0.2) is 11.5 Å². The van der Waals surface area contributed by atoms with Gasteiger partial charge in [-0.05, 0) is 24.7 Å². The van der Waals surface area contributed by atoms with E-state index < -0.39 is 0 Å². The van der Waals surface area contributed by atoms with E-state index in [2.05, 4.69) is 17.2 Å². The van der Waals surface area contributed by atoms with Crippen molar-refractivity contribution in [3.05, 3.63) is 48.2 Å². The minimum absolute atomic E-state index is 0.569. The Morgan fingerprint density at radius 1 is 1.05 bits per heavy atom. The van der Waals surface area contributed by atoms with Crippen LogP contribution in [-0.2, 0) is 6.54 Å². The summed E-state index contributed by atoms with van der Waals surface area (Å²) in [6, 6.07) is 13.3. The molecule has 0 amide bonds. The third-order valence-electron chi connectivity index (χ3n) is 2.62. The van der Waals surface area contributed by atoms with Crippen LogP contribution in [0.5, 0.6) is 17.4 Å². The van der Waals surface area contributed by atoms with Crippen LogP contribution in [0.15, 0.2) is 42.5 Å². The van der Waals surface area contributed by atoms with Crippen LogP contribution < -0.4 is 14.8 Å². The zero-order valence-corrected chi connectivity index (χ0v) is 11.2. The van der Waals surface area contributed by atoms with Crippen molar-refractivity contribution in [3.8, 4) is 17.4 Å². The first-order valence-corrected chi connectivity index (χ1v) is 6.31. The van der Waals surface area contributed by atoms with Gasteiger partial charge in [0.05, 0.1) is 12.8 Å². The average molecular weight is 258 g/mol. The number of ether oxygens (including phenoxy) is 2. The normalized spacial score (nSPS) is 10.2. The van der Waals surface area contributed by atoms with Crippen molar-refractivity contribution >= 4 is 0 Å².